The largest absolute Gasteiger partial charge is 0.395 e. The summed E-state index contributed by atoms with van der Waals surface area (Å²) in [7, 11) is 0. The zero-order valence-corrected chi connectivity index (χ0v) is 13.2. The molecule has 2 aromatic rings. The van der Waals surface area contributed by atoms with Crippen LogP contribution in [0.4, 0.5) is 5.69 Å². The summed E-state index contributed by atoms with van der Waals surface area (Å²) in [5, 5.41) is 15.3. The van der Waals surface area contributed by atoms with Crippen molar-refractivity contribution in [1.82, 2.24) is 5.32 Å². The first-order valence-electron chi connectivity index (χ1n) is 6.67. The molecule has 0 aromatic heterocycles. The lowest BCUT2D eigenvalue weighted by Gasteiger charge is -2.12. The maximum Gasteiger partial charge on any atom is 0.193 e. The highest BCUT2D eigenvalue weighted by Gasteiger charge is 2.11. The quantitative estimate of drug-likeness (QED) is 0.580. The fourth-order valence-electron chi connectivity index (χ4n) is 1.85. The third kappa shape index (κ3) is 4.27. The Hall–Kier alpha value is -1.95. The number of benzene rings is 2. The number of ketones is 1. The molecular weight excluding hydrogens is 320 g/mol. The summed E-state index contributed by atoms with van der Waals surface area (Å²) in [6.07, 6.45) is 0. The van der Waals surface area contributed by atoms with E-state index in [1.54, 1.807) is 30.3 Å². The summed E-state index contributed by atoms with van der Waals surface area (Å²) >= 11 is 11.2. The number of thiocarbonyl (C=S) groups is 1. The minimum atomic E-state index is -0.0884. The summed E-state index contributed by atoms with van der Waals surface area (Å²) in [6, 6.07) is 14.0. The van der Waals surface area contributed by atoms with E-state index >= 15 is 0 Å². The monoisotopic (exact) mass is 334 g/mol. The molecule has 0 amide bonds. The van der Waals surface area contributed by atoms with E-state index in [0.717, 1.165) is 0 Å². The zero-order chi connectivity index (χ0) is 15.9. The van der Waals surface area contributed by atoms with Crippen LogP contribution in [0.15, 0.2) is 48.5 Å². The zero-order valence-electron chi connectivity index (χ0n) is 11.7. The van der Waals surface area contributed by atoms with Gasteiger partial charge in [0.15, 0.2) is 10.9 Å². The molecule has 0 aliphatic carbocycles. The maximum atomic E-state index is 12.4. The number of nitrogens with one attached hydrogen (secondary N) is 2. The second kappa shape index (κ2) is 7.89. The lowest BCUT2D eigenvalue weighted by atomic mass is 10.0. The Morgan fingerprint density at radius 2 is 1.86 bits per heavy atom. The molecule has 0 fully saturated rings. The average molecular weight is 335 g/mol. The van der Waals surface area contributed by atoms with E-state index in [1.165, 1.54) is 0 Å². The van der Waals surface area contributed by atoms with Crippen molar-refractivity contribution >= 4 is 40.4 Å². The molecule has 0 atom stereocenters. The number of hydrogen-bond donors (Lipinski definition) is 3. The Balaban J connectivity index is 2.19. The molecule has 0 spiro atoms. The third-order valence-corrected chi connectivity index (χ3v) is 3.49. The maximum absolute atomic E-state index is 12.4. The normalized spacial score (nSPS) is 10.1. The smallest absolute Gasteiger partial charge is 0.193 e. The predicted octanol–water partition coefficient (Wildman–Crippen LogP) is 2.85. The summed E-state index contributed by atoms with van der Waals surface area (Å²) in [6.45, 7) is 0.314. The highest BCUT2D eigenvalue weighted by Crippen LogP contribution is 2.24. The van der Waals surface area contributed by atoms with Crippen molar-refractivity contribution in [1.29, 1.82) is 0 Å². The summed E-state index contributed by atoms with van der Waals surface area (Å²) in [5.41, 5.74) is 1.67. The molecule has 2 aromatic carbocycles. The fourth-order valence-corrected chi connectivity index (χ4v) is 2.23. The molecule has 0 bridgehead atoms. The third-order valence-electron chi connectivity index (χ3n) is 2.91. The summed E-state index contributed by atoms with van der Waals surface area (Å²) in [4.78, 5) is 12.4. The minimum Gasteiger partial charge on any atom is -0.395 e. The van der Waals surface area contributed by atoms with Crippen LogP contribution in [0, 0.1) is 0 Å². The van der Waals surface area contributed by atoms with Crippen molar-refractivity contribution in [2.45, 2.75) is 0 Å². The number of hydrogen-bond acceptors (Lipinski definition) is 3. The first-order chi connectivity index (χ1) is 10.6. The predicted molar refractivity (Wildman–Crippen MR) is 92.6 cm³/mol. The van der Waals surface area contributed by atoms with Crippen molar-refractivity contribution in [2.24, 2.45) is 0 Å². The van der Waals surface area contributed by atoms with Gasteiger partial charge < -0.3 is 15.7 Å². The number of aliphatic hydroxyl groups is 1. The number of anilines is 1. The van der Waals surface area contributed by atoms with Crippen molar-refractivity contribution in [3.8, 4) is 0 Å². The Morgan fingerprint density at radius 3 is 2.55 bits per heavy atom. The van der Waals surface area contributed by atoms with Crippen LogP contribution in [0.5, 0.6) is 0 Å². The van der Waals surface area contributed by atoms with Crippen molar-refractivity contribution in [3.05, 3.63) is 64.7 Å². The first-order valence-corrected chi connectivity index (χ1v) is 7.45. The van der Waals surface area contributed by atoms with E-state index < -0.39 is 0 Å². The standard InChI is InChI=1S/C16H15ClN2O2S/c17-13-7-6-12(15(21)11-4-2-1-3-5-11)10-14(13)19-16(22)18-8-9-20/h1-7,10,20H,8-9H2,(H2,18,19,22). The van der Waals surface area contributed by atoms with Crippen molar-refractivity contribution in [2.75, 3.05) is 18.5 Å². The van der Waals surface area contributed by atoms with Gasteiger partial charge in [-0.3, -0.25) is 4.79 Å². The van der Waals surface area contributed by atoms with Crippen molar-refractivity contribution in [3.63, 3.8) is 0 Å². The molecule has 4 nitrogen and oxygen atoms in total. The molecule has 0 unspecified atom stereocenters. The number of rotatable bonds is 5. The van der Waals surface area contributed by atoms with E-state index in [1.807, 2.05) is 18.2 Å². The van der Waals surface area contributed by atoms with Gasteiger partial charge in [0.25, 0.3) is 0 Å². The van der Waals surface area contributed by atoms with E-state index in [2.05, 4.69) is 10.6 Å². The second-order valence-electron chi connectivity index (χ2n) is 4.49. The van der Waals surface area contributed by atoms with Gasteiger partial charge in [-0.15, -0.1) is 0 Å². The number of aliphatic hydroxyl groups excluding tert-OH is 1. The van der Waals surface area contributed by atoms with Crippen LogP contribution in [0.3, 0.4) is 0 Å². The van der Waals surface area contributed by atoms with Crippen LogP contribution in [-0.2, 0) is 0 Å². The Morgan fingerprint density at radius 1 is 1.14 bits per heavy atom. The van der Waals surface area contributed by atoms with E-state index in [9.17, 15) is 4.79 Å². The highest BCUT2D eigenvalue weighted by molar-refractivity contribution is 7.80. The average Bonchev–Trinajstić information content (AvgIpc) is 2.55. The van der Waals surface area contributed by atoms with Gasteiger partial charge in [0, 0.05) is 17.7 Å². The van der Waals surface area contributed by atoms with Gasteiger partial charge in [-0.2, -0.15) is 0 Å². The number of halogens is 1. The molecule has 0 saturated heterocycles. The molecular formula is C16H15ClN2O2S. The molecule has 2 rings (SSSR count). The first kappa shape index (κ1) is 16.4. The van der Waals surface area contributed by atoms with E-state index in [-0.39, 0.29) is 12.4 Å². The topological polar surface area (TPSA) is 61.4 Å². The lowest BCUT2D eigenvalue weighted by Crippen LogP contribution is -2.30. The van der Waals surface area contributed by atoms with E-state index in [0.29, 0.717) is 33.5 Å². The number of carbonyl (C=O) groups is 1. The molecule has 6 heteroatoms. The van der Waals surface area contributed by atoms with Gasteiger partial charge in [-0.25, -0.2) is 0 Å². The van der Waals surface area contributed by atoms with Gasteiger partial charge in [-0.05, 0) is 30.4 Å². The Kier molecular flexibility index (Phi) is 5.89. The molecule has 0 heterocycles. The van der Waals surface area contributed by atoms with Crippen LogP contribution in [0.1, 0.15) is 15.9 Å². The second-order valence-corrected chi connectivity index (χ2v) is 5.31. The highest BCUT2D eigenvalue weighted by atomic mass is 35.5. The summed E-state index contributed by atoms with van der Waals surface area (Å²) in [5.74, 6) is -0.0884. The van der Waals surface area contributed by atoms with Gasteiger partial charge in [0.2, 0.25) is 0 Å². The molecule has 114 valence electrons. The Labute approximate surface area is 139 Å². The molecule has 3 N–H and O–H groups in total. The van der Waals surface area contributed by atoms with E-state index in [4.69, 9.17) is 28.9 Å². The van der Waals surface area contributed by atoms with Crippen LogP contribution < -0.4 is 10.6 Å². The SMILES string of the molecule is O=C(c1ccccc1)c1ccc(Cl)c(NC(=S)NCCO)c1. The Bertz CT molecular complexity index is 677. The molecule has 0 radical (unpaired) electrons. The molecule has 0 aliphatic heterocycles. The van der Waals surface area contributed by atoms with Gasteiger partial charge in [0.05, 0.1) is 17.3 Å². The van der Waals surface area contributed by atoms with Gasteiger partial charge in [0.1, 0.15) is 0 Å². The fraction of sp³-hybridized carbons (Fsp3) is 0.125. The van der Waals surface area contributed by atoms with Gasteiger partial charge in [-0.1, -0.05) is 41.9 Å². The molecule has 22 heavy (non-hydrogen) atoms. The van der Waals surface area contributed by atoms with Crippen LogP contribution in [0.2, 0.25) is 5.02 Å². The van der Waals surface area contributed by atoms with Crippen LogP contribution in [-0.4, -0.2) is 29.2 Å². The lowest BCUT2D eigenvalue weighted by molar-refractivity contribution is 0.103. The number of carbonyl (C=O) groups excluding carboxylic acids is 1. The minimum absolute atomic E-state index is 0.0257. The molecule has 0 saturated carbocycles. The molecule has 0 aliphatic rings. The van der Waals surface area contributed by atoms with Crippen molar-refractivity contribution < 1.29 is 9.90 Å². The van der Waals surface area contributed by atoms with Gasteiger partial charge >= 0.3 is 0 Å². The summed E-state index contributed by atoms with van der Waals surface area (Å²) < 4.78 is 0. The van der Waals surface area contributed by atoms with Crippen LogP contribution >= 0.6 is 23.8 Å². The van der Waals surface area contributed by atoms with Crippen LogP contribution in [0.25, 0.3) is 0 Å².